The molecule has 0 atom stereocenters. The molecule has 0 saturated carbocycles. The van der Waals surface area contributed by atoms with Gasteiger partial charge in [-0.1, -0.05) is 19.6 Å². The predicted molar refractivity (Wildman–Crippen MR) is 96.0 cm³/mol. The number of hydrogen-bond acceptors (Lipinski definition) is 4. The van der Waals surface area contributed by atoms with E-state index >= 15 is 0 Å². The average molecular weight is 381 g/mol. The van der Waals surface area contributed by atoms with E-state index in [0.717, 1.165) is 33.8 Å². The van der Waals surface area contributed by atoms with Gasteiger partial charge in [0.15, 0.2) is 0 Å². The van der Waals surface area contributed by atoms with E-state index in [1.807, 2.05) is 17.9 Å². The van der Waals surface area contributed by atoms with E-state index in [-0.39, 0.29) is 29.6 Å². The van der Waals surface area contributed by atoms with Crippen molar-refractivity contribution in [3.05, 3.63) is 16.9 Å². The Morgan fingerprint density at radius 2 is 2.05 bits per heavy atom. The van der Waals surface area contributed by atoms with Gasteiger partial charge in [0.25, 0.3) is 0 Å². The minimum absolute atomic E-state index is 0. The minimum atomic E-state index is -1.04. The number of pyridine rings is 1. The van der Waals surface area contributed by atoms with Crippen molar-refractivity contribution in [1.82, 2.24) is 14.8 Å². The molecule has 0 aliphatic carbocycles. The molecule has 0 bridgehead atoms. The topological polar surface area (TPSA) is 52.0 Å². The van der Waals surface area contributed by atoms with Gasteiger partial charge < -0.3 is 10.1 Å². The SMILES string of the molecule is CNc1ncc(Br)c2c1cnn2COCC[Si](C)(C)C.[NaH]. The van der Waals surface area contributed by atoms with E-state index in [0.29, 0.717) is 6.73 Å². The fourth-order valence-electron chi connectivity index (χ4n) is 1.89. The standard InChI is InChI=1S/C13H21BrN4OSi.Na.H/c1-15-13-10-7-17-18(12(10)11(14)8-16-13)9-19-5-6-20(2,3)4;;/h7-8H,5-6,9H2,1-4H3,(H,15,16);;. The molecule has 2 aromatic rings. The summed E-state index contributed by atoms with van der Waals surface area (Å²) in [4.78, 5) is 4.32. The van der Waals surface area contributed by atoms with Gasteiger partial charge in [-0.3, -0.25) is 0 Å². The molecular formula is C13H22BrN4NaOSi. The van der Waals surface area contributed by atoms with Crippen LogP contribution in [0.15, 0.2) is 16.9 Å². The quantitative estimate of drug-likeness (QED) is 0.618. The van der Waals surface area contributed by atoms with Crippen molar-refractivity contribution < 1.29 is 4.74 Å². The second-order valence-corrected chi connectivity index (χ2v) is 12.4. The Bertz CT molecular complexity index is 600. The van der Waals surface area contributed by atoms with Crippen molar-refractivity contribution in [2.45, 2.75) is 32.4 Å². The van der Waals surface area contributed by atoms with Crippen LogP contribution in [-0.2, 0) is 11.5 Å². The van der Waals surface area contributed by atoms with Crippen molar-refractivity contribution in [2.75, 3.05) is 19.0 Å². The van der Waals surface area contributed by atoms with Crippen molar-refractivity contribution in [3.63, 3.8) is 0 Å². The number of aromatic nitrogens is 3. The number of nitrogens with zero attached hydrogens (tertiary/aromatic N) is 3. The van der Waals surface area contributed by atoms with Crippen LogP contribution < -0.4 is 5.32 Å². The summed E-state index contributed by atoms with van der Waals surface area (Å²) in [6, 6.07) is 1.16. The summed E-state index contributed by atoms with van der Waals surface area (Å²) in [6.07, 6.45) is 3.61. The van der Waals surface area contributed by atoms with E-state index in [9.17, 15) is 0 Å². The van der Waals surface area contributed by atoms with Crippen LogP contribution in [0.2, 0.25) is 25.7 Å². The van der Waals surface area contributed by atoms with Crippen molar-refractivity contribution in [1.29, 1.82) is 0 Å². The molecule has 0 saturated heterocycles. The fraction of sp³-hybridized carbons (Fsp3) is 0.538. The molecule has 0 amide bonds. The Balaban J connectivity index is 0.00000220. The van der Waals surface area contributed by atoms with Crippen LogP contribution in [0, 0.1) is 0 Å². The number of anilines is 1. The fourth-order valence-corrected chi connectivity index (χ4v) is 3.17. The molecule has 5 nitrogen and oxygen atoms in total. The van der Waals surface area contributed by atoms with E-state index < -0.39 is 8.07 Å². The van der Waals surface area contributed by atoms with E-state index in [2.05, 4.69) is 51.0 Å². The molecule has 1 N–H and O–H groups in total. The first kappa shape index (κ1) is 19.1. The van der Waals surface area contributed by atoms with E-state index in [1.54, 1.807) is 6.20 Å². The van der Waals surface area contributed by atoms with Crippen LogP contribution in [-0.4, -0.2) is 66.1 Å². The van der Waals surface area contributed by atoms with Crippen LogP contribution in [0.3, 0.4) is 0 Å². The summed E-state index contributed by atoms with van der Waals surface area (Å²) in [5.41, 5.74) is 1.01. The third kappa shape index (κ3) is 5.04. The summed E-state index contributed by atoms with van der Waals surface area (Å²) in [7, 11) is 0.816. The van der Waals surface area contributed by atoms with E-state index in [4.69, 9.17) is 4.74 Å². The summed E-state index contributed by atoms with van der Waals surface area (Å²) >= 11 is 3.53. The molecule has 0 fully saturated rings. The van der Waals surface area contributed by atoms with Gasteiger partial charge in [0.2, 0.25) is 0 Å². The molecule has 21 heavy (non-hydrogen) atoms. The third-order valence-electron chi connectivity index (χ3n) is 3.07. The molecule has 2 aromatic heterocycles. The molecule has 2 rings (SSSR count). The number of nitrogens with one attached hydrogen (secondary N) is 1. The molecule has 0 unspecified atom stereocenters. The average Bonchev–Trinajstić information content (AvgIpc) is 2.79. The first-order valence-corrected chi connectivity index (χ1v) is 11.2. The van der Waals surface area contributed by atoms with Gasteiger partial charge in [0.05, 0.1) is 21.6 Å². The zero-order valence-corrected chi connectivity index (χ0v) is 15.0. The predicted octanol–water partition coefficient (Wildman–Crippen LogP) is 2.90. The number of halogens is 1. The van der Waals surface area contributed by atoms with Crippen LogP contribution in [0.4, 0.5) is 5.82 Å². The molecule has 112 valence electrons. The number of ether oxygens (including phenoxy) is 1. The second kappa shape index (κ2) is 8.08. The monoisotopic (exact) mass is 380 g/mol. The molecule has 2 heterocycles. The zero-order chi connectivity index (χ0) is 14.8. The van der Waals surface area contributed by atoms with Gasteiger partial charge >= 0.3 is 29.6 Å². The molecule has 0 aliphatic heterocycles. The molecule has 8 heteroatoms. The summed E-state index contributed by atoms with van der Waals surface area (Å²) in [6.45, 7) is 8.31. The molecule has 0 aliphatic rings. The molecule has 0 radical (unpaired) electrons. The van der Waals surface area contributed by atoms with E-state index in [1.165, 1.54) is 0 Å². The van der Waals surface area contributed by atoms with Crippen molar-refractivity contribution in [3.8, 4) is 0 Å². The van der Waals surface area contributed by atoms with Gasteiger partial charge in [0.1, 0.15) is 12.5 Å². The molecule has 0 aromatic carbocycles. The van der Waals surface area contributed by atoms with Gasteiger partial charge in [-0.15, -0.1) is 0 Å². The summed E-state index contributed by atoms with van der Waals surface area (Å²) < 4.78 is 8.56. The first-order valence-electron chi connectivity index (χ1n) is 6.68. The van der Waals surface area contributed by atoms with Crippen molar-refractivity contribution >= 4 is 70.3 Å². The third-order valence-corrected chi connectivity index (χ3v) is 5.36. The summed E-state index contributed by atoms with van der Waals surface area (Å²) in [5.74, 6) is 0.830. The Hall–Kier alpha value is 0.0769. The molecule has 0 spiro atoms. The molecular weight excluding hydrogens is 359 g/mol. The van der Waals surface area contributed by atoms with Crippen LogP contribution in [0.25, 0.3) is 10.9 Å². The number of fused-ring (bicyclic) bond motifs is 1. The van der Waals surface area contributed by atoms with Crippen LogP contribution in [0.5, 0.6) is 0 Å². The second-order valence-electron chi connectivity index (χ2n) is 5.96. The summed E-state index contributed by atoms with van der Waals surface area (Å²) in [5, 5.41) is 8.46. The van der Waals surface area contributed by atoms with Gasteiger partial charge in [-0.25, -0.2) is 9.67 Å². The van der Waals surface area contributed by atoms with Crippen LogP contribution in [0.1, 0.15) is 0 Å². The first-order chi connectivity index (χ1) is 9.42. The van der Waals surface area contributed by atoms with Crippen LogP contribution >= 0.6 is 15.9 Å². The Morgan fingerprint density at radius 3 is 2.67 bits per heavy atom. The van der Waals surface area contributed by atoms with Gasteiger partial charge in [0, 0.05) is 27.9 Å². The van der Waals surface area contributed by atoms with Gasteiger partial charge in [-0.05, 0) is 22.0 Å². The normalized spacial score (nSPS) is 11.5. The van der Waals surface area contributed by atoms with Gasteiger partial charge in [-0.2, -0.15) is 5.10 Å². The maximum absolute atomic E-state index is 5.76. The number of hydrogen-bond donors (Lipinski definition) is 1. The zero-order valence-electron chi connectivity index (χ0n) is 12.4. The van der Waals surface area contributed by atoms with Crippen molar-refractivity contribution in [2.24, 2.45) is 0 Å². The maximum atomic E-state index is 5.76. The Kier molecular flexibility index (Phi) is 7.36. The Morgan fingerprint density at radius 1 is 1.33 bits per heavy atom. The number of rotatable bonds is 6. The Labute approximate surface area is 157 Å².